The zero-order valence-electron chi connectivity index (χ0n) is 7.76. The number of halogens is 1. The summed E-state index contributed by atoms with van der Waals surface area (Å²) in [6.07, 6.45) is 0.876. The highest BCUT2D eigenvalue weighted by Crippen LogP contribution is 2.26. The maximum absolute atomic E-state index is 8.99. The van der Waals surface area contributed by atoms with E-state index in [4.69, 9.17) is 16.7 Å². The van der Waals surface area contributed by atoms with Crippen LogP contribution >= 0.6 is 11.6 Å². The lowest BCUT2D eigenvalue weighted by Gasteiger charge is -2.14. The van der Waals surface area contributed by atoms with Gasteiger partial charge in [0, 0.05) is 17.5 Å². The molecule has 1 atom stereocenters. The quantitative estimate of drug-likeness (QED) is 0.790. The molecule has 1 aromatic rings. The van der Waals surface area contributed by atoms with Crippen molar-refractivity contribution in [2.24, 2.45) is 0 Å². The Balaban J connectivity index is 3.12. The van der Waals surface area contributed by atoms with Crippen LogP contribution < -0.4 is 0 Å². The van der Waals surface area contributed by atoms with E-state index in [1.807, 2.05) is 18.2 Å². The summed E-state index contributed by atoms with van der Waals surface area (Å²) in [5, 5.41) is 9.76. The van der Waals surface area contributed by atoms with Crippen LogP contribution in [0.5, 0.6) is 0 Å². The third-order valence-corrected chi connectivity index (χ3v) is 2.52. The molecule has 0 fully saturated rings. The number of benzene rings is 1. The number of aliphatic hydroxyl groups is 1. The van der Waals surface area contributed by atoms with Gasteiger partial charge in [0.2, 0.25) is 0 Å². The van der Waals surface area contributed by atoms with Gasteiger partial charge in [-0.25, -0.2) is 0 Å². The number of aliphatic hydroxyl groups excluding tert-OH is 1. The fourth-order valence-corrected chi connectivity index (χ4v) is 1.74. The standard InChI is InChI=1S/C11H14ClO/c1-3-9-10(8(2)7-13)5-4-6-11(9)12/h4-6,8,13H,2-3,7H2,1H3. The summed E-state index contributed by atoms with van der Waals surface area (Å²) in [6.45, 7) is 5.98. The van der Waals surface area contributed by atoms with Crippen LogP contribution in [-0.4, -0.2) is 11.7 Å². The minimum atomic E-state index is -0.0753. The zero-order chi connectivity index (χ0) is 9.84. The highest BCUT2D eigenvalue weighted by atomic mass is 35.5. The third kappa shape index (κ3) is 2.23. The fraction of sp³-hybridized carbons (Fsp3) is 0.364. The summed E-state index contributed by atoms with van der Waals surface area (Å²) < 4.78 is 0. The van der Waals surface area contributed by atoms with Gasteiger partial charge in [-0.05, 0) is 30.5 Å². The smallest absolute Gasteiger partial charge is 0.0499 e. The van der Waals surface area contributed by atoms with Crippen molar-refractivity contribution in [2.45, 2.75) is 19.3 Å². The molecule has 1 aromatic carbocycles. The monoisotopic (exact) mass is 197 g/mol. The molecule has 1 N–H and O–H groups in total. The molecule has 0 spiro atoms. The Hall–Kier alpha value is -0.530. The molecule has 0 aliphatic rings. The van der Waals surface area contributed by atoms with Gasteiger partial charge in [0.25, 0.3) is 0 Å². The molecule has 0 bridgehead atoms. The number of hydrogen-bond acceptors (Lipinski definition) is 1. The van der Waals surface area contributed by atoms with Crippen molar-refractivity contribution in [1.29, 1.82) is 0 Å². The number of rotatable bonds is 3. The van der Waals surface area contributed by atoms with E-state index in [2.05, 4.69) is 13.8 Å². The van der Waals surface area contributed by atoms with E-state index in [0.29, 0.717) is 0 Å². The molecule has 1 rings (SSSR count). The molecule has 0 aromatic heterocycles. The first kappa shape index (κ1) is 10.6. The zero-order valence-corrected chi connectivity index (χ0v) is 8.51. The van der Waals surface area contributed by atoms with Crippen molar-refractivity contribution in [1.82, 2.24) is 0 Å². The first-order valence-electron chi connectivity index (χ1n) is 4.42. The molecule has 0 saturated heterocycles. The van der Waals surface area contributed by atoms with Gasteiger partial charge in [-0.3, -0.25) is 0 Å². The van der Waals surface area contributed by atoms with Crippen molar-refractivity contribution in [3.8, 4) is 0 Å². The lowest BCUT2D eigenvalue weighted by Crippen LogP contribution is -2.03. The molecule has 0 heterocycles. The van der Waals surface area contributed by atoms with E-state index in [1.165, 1.54) is 0 Å². The number of hydrogen-bond donors (Lipinski definition) is 1. The Kier molecular flexibility index (Phi) is 3.76. The normalized spacial score (nSPS) is 12.9. The molecule has 71 valence electrons. The first-order valence-corrected chi connectivity index (χ1v) is 4.79. The minimum absolute atomic E-state index is 0.0628. The summed E-state index contributed by atoms with van der Waals surface area (Å²) in [7, 11) is 0. The second kappa shape index (κ2) is 4.64. The van der Waals surface area contributed by atoms with Gasteiger partial charge in [-0.2, -0.15) is 0 Å². The van der Waals surface area contributed by atoms with Gasteiger partial charge in [-0.1, -0.05) is 30.7 Å². The largest absolute Gasteiger partial charge is 0.396 e. The van der Waals surface area contributed by atoms with Gasteiger partial charge >= 0.3 is 0 Å². The molecule has 0 aliphatic heterocycles. The average molecular weight is 198 g/mol. The van der Waals surface area contributed by atoms with Crippen LogP contribution in [0.2, 0.25) is 5.02 Å². The average Bonchev–Trinajstić information content (AvgIpc) is 2.16. The topological polar surface area (TPSA) is 20.2 Å². The Bertz CT molecular complexity index is 283. The van der Waals surface area contributed by atoms with Crippen LogP contribution in [0.25, 0.3) is 0 Å². The molecule has 13 heavy (non-hydrogen) atoms. The Labute approximate surface area is 84.4 Å². The molecule has 2 heteroatoms. The third-order valence-electron chi connectivity index (χ3n) is 2.17. The van der Waals surface area contributed by atoms with E-state index in [1.54, 1.807) is 0 Å². The van der Waals surface area contributed by atoms with E-state index in [9.17, 15) is 0 Å². The first-order chi connectivity index (χ1) is 6.20. The lowest BCUT2D eigenvalue weighted by molar-refractivity contribution is 0.282. The van der Waals surface area contributed by atoms with E-state index in [-0.39, 0.29) is 12.5 Å². The molecular formula is C11H14ClO. The minimum Gasteiger partial charge on any atom is -0.396 e. The molecule has 1 radical (unpaired) electrons. The Morgan fingerprint density at radius 2 is 2.23 bits per heavy atom. The van der Waals surface area contributed by atoms with Crippen LogP contribution in [0, 0.1) is 6.92 Å². The van der Waals surface area contributed by atoms with Gasteiger partial charge in [-0.15, -0.1) is 0 Å². The molecule has 0 aliphatic carbocycles. The van der Waals surface area contributed by atoms with Crippen LogP contribution in [0.4, 0.5) is 0 Å². The van der Waals surface area contributed by atoms with Crippen molar-refractivity contribution < 1.29 is 5.11 Å². The predicted molar refractivity (Wildman–Crippen MR) is 56.0 cm³/mol. The molecule has 0 saturated carbocycles. The highest BCUT2D eigenvalue weighted by molar-refractivity contribution is 6.31. The van der Waals surface area contributed by atoms with E-state index in [0.717, 1.165) is 22.6 Å². The SMILES string of the molecule is [CH2]C(CO)c1cccc(Cl)c1CC. The summed E-state index contributed by atoms with van der Waals surface area (Å²) >= 11 is 6.02. The van der Waals surface area contributed by atoms with Crippen molar-refractivity contribution >= 4 is 11.6 Å². The van der Waals surface area contributed by atoms with Gasteiger partial charge < -0.3 is 5.11 Å². The van der Waals surface area contributed by atoms with Gasteiger partial charge in [0.05, 0.1) is 0 Å². The van der Waals surface area contributed by atoms with Crippen molar-refractivity contribution in [3.63, 3.8) is 0 Å². The summed E-state index contributed by atoms with van der Waals surface area (Å²) in [5.74, 6) is -0.0753. The molecule has 1 nitrogen and oxygen atoms in total. The van der Waals surface area contributed by atoms with Crippen molar-refractivity contribution in [2.75, 3.05) is 6.61 Å². The van der Waals surface area contributed by atoms with E-state index >= 15 is 0 Å². The van der Waals surface area contributed by atoms with Gasteiger partial charge in [0.1, 0.15) is 0 Å². The maximum Gasteiger partial charge on any atom is 0.0499 e. The van der Waals surface area contributed by atoms with Crippen LogP contribution in [0.15, 0.2) is 18.2 Å². The maximum atomic E-state index is 8.99. The highest BCUT2D eigenvalue weighted by Gasteiger charge is 2.10. The van der Waals surface area contributed by atoms with Crippen LogP contribution in [-0.2, 0) is 6.42 Å². The molecule has 0 amide bonds. The Morgan fingerprint density at radius 1 is 1.54 bits per heavy atom. The van der Waals surface area contributed by atoms with Crippen molar-refractivity contribution in [3.05, 3.63) is 41.3 Å². The van der Waals surface area contributed by atoms with Gasteiger partial charge in [0.15, 0.2) is 0 Å². The summed E-state index contributed by atoms with van der Waals surface area (Å²) in [6, 6.07) is 5.73. The molecular weight excluding hydrogens is 184 g/mol. The Morgan fingerprint density at radius 3 is 2.77 bits per heavy atom. The second-order valence-electron chi connectivity index (χ2n) is 3.04. The molecule has 1 unspecified atom stereocenters. The lowest BCUT2D eigenvalue weighted by atomic mass is 9.95. The summed E-state index contributed by atoms with van der Waals surface area (Å²) in [5.41, 5.74) is 2.15. The van der Waals surface area contributed by atoms with E-state index < -0.39 is 0 Å². The second-order valence-corrected chi connectivity index (χ2v) is 3.45. The summed E-state index contributed by atoms with van der Waals surface area (Å²) in [4.78, 5) is 0. The van der Waals surface area contributed by atoms with Crippen LogP contribution in [0.1, 0.15) is 24.0 Å². The fourth-order valence-electron chi connectivity index (χ4n) is 1.43. The predicted octanol–water partition coefficient (Wildman–Crippen LogP) is 2.81. The van der Waals surface area contributed by atoms with Crippen LogP contribution in [0.3, 0.4) is 0 Å².